The molecule has 0 spiro atoms. The SMILES string of the molecule is COC(=O)c1ccc(Nc2nc(C)cn3c(-c4cnn(COCC[Si](C)(C)C)c4)cnc23)cc1C.Cc1cn2c(-c3cnn(COCC[Si](C)(C)C)c3)cnc2c(Nc2ccc(C=O)c(C)c2)n1.Cc1cn2c(C3=CCN=C3)cnc2c(Nc2ccc(CN3CCCCC3)c(C)c2)n1. The van der Waals surface area contributed by atoms with Crippen LogP contribution in [0.15, 0.2) is 128 Å². The zero-order valence-electron chi connectivity index (χ0n) is 58.6. The number of nitrogens with one attached hydrogen (secondary N) is 3. The number of ether oxygens (including phenoxy) is 3. The van der Waals surface area contributed by atoms with Gasteiger partial charge in [0.2, 0.25) is 0 Å². The number of aromatic nitrogens is 13. The van der Waals surface area contributed by atoms with Crippen LogP contribution in [0, 0.1) is 41.5 Å². The van der Waals surface area contributed by atoms with E-state index < -0.39 is 16.1 Å². The van der Waals surface area contributed by atoms with Gasteiger partial charge in [-0.1, -0.05) is 57.8 Å². The number of aldehydes is 1. The maximum atomic E-state index is 11.9. The summed E-state index contributed by atoms with van der Waals surface area (Å²) in [7, 11) is -0.843. The first kappa shape index (κ1) is 69.6. The second-order valence-corrected chi connectivity index (χ2v) is 38.9. The number of rotatable bonds is 23. The number of aryl methyl sites for hydroxylation is 6. The Hall–Kier alpha value is -9.80. The highest BCUT2D eigenvalue weighted by Crippen LogP contribution is 2.31. The average molecular weight is 1360 g/mol. The van der Waals surface area contributed by atoms with E-state index in [-0.39, 0.29) is 5.97 Å². The van der Waals surface area contributed by atoms with E-state index in [2.05, 4.69) is 136 Å². The minimum Gasteiger partial charge on any atom is -0.465 e. The van der Waals surface area contributed by atoms with Gasteiger partial charge in [-0.2, -0.15) is 10.2 Å². The smallest absolute Gasteiger partial charge is 0.338 e. The minimum atomic E-state index is -1.12. The Kier molecular flexibility index (Phi) is 21.8. The predicted octanol–water partition coefficient (Wildman–Crippen LogP) is 14.7. The summed E-state index contributed by atoms with van der Waals surface area (Å²) in [5.41, 5.74) is 19.1. The fraction of sp³-hybridized carbons (Fsp3) is 0.356. The third-order valence-corrected chi connectivity index (χ3v) is 20.5. The molecular formula is C73H90N18O5Si2. The number of carbonyl (C=O) groups excluding carboxylic acids is 2. The number of imidazole rings is 3. The molecule has 0 aliphatic carbocycles. The van der Waals surface area contributed by atoms with Crippen molar-refractivity contribution < 1.29 is 23.8 Å². The highest BCUT2D eigenvalue weighted by Gasteiger charge is 2.21. The summed E-state index contributed by atoms with van der Waals surface area (Å²) in [5, 5.41) is 19.1. The number of hydrogen-bond donors (Lipinski definition) is 3. The predicted molar refractivity (Wildman–Crippen MR) is 394 cm³/mol. The molecule has 10 heterocycles. The Morgan fingerprint density at radius 1 is 0.561 bits per heavy atom. The first-order valence-corrected chi connectivity index (χ1v) is 40.8. The number of nitrogens with zero attached hydrogens (tertiary/aromatic N) is 15. The van der Waals surface area contributed by atoms with Gasteiger partial charge in [0.25, 0.3) is 0 Å². The third kappa shape index (κ3) is 17.5. The fourth-order valence-electron chi connectivity index (χ4n) is 11.6. The van der Waals surface area contributed by atoms with Gasteiger partial charge in [-0.05, 0) is 150 Å². The molecule has 11 aromatic rings. The topological polar surface area (TPSA) is 240 Å². The third-order valence-electron chi connectivity index (χ3n) is 17.1. The van der Waals surface area contributed by atoms with Crippen LogP contribution in [-0.2, 0) is 34.2 Å². The Morgan fingerprint density at radius 3 is 1.48 bits per heavy atom. The molecule has 8 aromatic heterocycles. The van der Waals surface area contributed by atoms with Crippen LogP contribution in [0.3, 0.4) is 0 Å². The number of allylic oxidation sites excluding steroid dienone is 1. The van der Waals surface area contributed by atoms with Gasteiger partial charge in [0.15, 0.2) is 34.4 Å². The van der Waals surface area contributed by atoms with Crippen molar-refractivity contribution in [2.24, 2.45) is 4.99 Å². The molecule has 1 saturated heterocycles. The van der Waals surface area contributed by atoms with Gasteiger partial charge in [-0.3, -0.25) is 27.9 Å². The maximum Gasteiger partial charge on any atom is 0.338 e. The molecule has 2 aliphatic rings. The zero-order valence-corrected chi connectivity index (χ0v) is 60.6. The molecule has 0 saturated carbocycles. The number of methoxy groups -OCH3 is 1. The number of anilines is 6. The van der Waals surface area contributed by atoms with E-state index in [9.17, 15) is 9.59 Å². The molecule has 3 aromatic carbocycles. The Morgan fingerprint density at radius 2 is 1.03 bits per heavy atom. The molecule has 3 N–H and O–H groups in total. The van der Waals surface area contributed by atoms with Crippen LogP contribution in [0.4, 0.5) is 34.5 Å². The lowest BCUT2D eigenvalue weighted by molar-refractivity contribution is 0.0599. The lowest BCUT2D eigenvalue weighted by Gasteiger charge is -2.27. The number of benzene rings is 3. The van der Waals surface area contributed by atoms with Gasteiger partial charge in [0.1, 0.15) is 19.7 Å². The largest absolute Gasteiger partial charge is 0.465 e. The van der Waals surface area contributed by atoms with E-state index in [0.29, 0.717) is 47.5 Å². The molecule has 510 valence electrons. The lowest BCUT2D eigenvalue weighted by atomic mass is 10.1. The molecule has 1 fully saturated rings. The monoisotopic (exact) mass is 1350 g/mol. The van der Waals surface area contributed by atoms with Crippen molar-refractivity contribution in [3.63, 3.8) is 0 Å². The number of hydrogen-bond acceptors (Lipinski definition) is 18. The molecule has 13 rings (SSSR count). The van der Waals surface area contributed by atoms with Crippen LogP contribution < -0.4 is 16.0 Å². The van der Waals surface area contributed by atoms with Crippen molar-refractivity contribution in [1.29, 1.82) is 0 Å². The summed E-state index contributed by atoms with van der Waals surface area (Å²) in [6, 6.07) is 19.9. The number of piperidine rings is 1. The van der Waals surface area contributed by atoms with Crippen LogP contribution in [0.1, 0.15) is 85.0 Å². The Balaban J connectivity index is 0.000000149. The molecule has 0 bridgehead atoms. The summed E-state index contributed by atoms with van der Waals surface area (Å²) in [4.78, 5) is 57.8. The molecule has 0 atom stereocenters. The summed E-state index contributed by atoms with van der Waals surface area (Å²) in [6.07, 6.45) is 28.0. The molecule has 25 heteroatoms. The van der Waals surface area contributed by atoms with E-state index in [1.54, 1.807) is 16.8 Å². The van der Waals surface area contributed by atoms with Crippen molar-refractivity contribution in [3.8, 4) is 22.5 Å². The van der Waals surface area contributed by atoms with E-state index in [1.807, 2.05) is 141 Å². The average Bonchev–Trinajstić information content (AvgIpc) is 1.63. The van der Waals surface area contributed by atoms with Gasteiger partial charge < -0.3 is 30.2 Å². The highest BCUT2D eigenvalue weighted by atomic mass is 28.3. The van der Waals surface area contributed by atoms with Gasteiger partial charge in [0.05, 0.1) is 84.4 Å². The standard InChI is InChI=1S/C25H32N6O3Si.C24H30N6O2Si.C24H28N6/c1-17-11-20(7-8-21(17)25(32)33-3)29-23-24-26-13-22(31(24)14-18(2)28-23)19-12-27-30(15-19)16-34-9-10-35(4,5)6;1-17-10-21(7-6-19(17)15-31)28-23-24-25-12-22(30(24)13-18(2)27-23)20-11-26-29(14-20)16-32-8-9-33(3,4)5;1-17-12-21(7-6-20(17)16-29-10-4-3-5-11-29)28-23-24-26-14-22(19-8-9-25-13-19)30(24)15-18(2)27-23/h7-8,11-15H,9-10,16H2,1-6H3,(H,28,29);6-7,10-15H,8-9,16H2,1-5H3,(H,27,28);6-8,12-15H,3-5,9-11,16H2,1-2H3,(H,27,28). The number of likely N-dealkylation sites (tertiary alicyclic amines) is 1. The van der Waals surface area contributed by atoms with Gasteiger partial charge in [-0.25, -0.2) is 44.1 Å². The van der Waals surface area contributed by atoms with E-state index >= 15 is 0 Å². The second-order valence-electron chi connectivity index (χ2n) is 27.7. The van der Waals surface area contributed by atoms with Crippen molar-refractivity contribution in [2.75, 3.05) is 55.9 Å². The van der Waals surface area contributed by atoms with Crippen LogP contribution in [0.5, 0.6) is 0 Å². The van der Waals surface area contributed by atoms with E-state index in [4.69, 9.17) is 19.2 Å². The summed E-state index contributed by atoms with van der Waals surface area (Å²) < 4.78 is 26.2. The van der Waals surface area contributed by atoms with Crippen molar-refractivity contribution in [3.05, 3.63) is 179 Å². The van der Waals surface area contributed by atoms with Crippen LogP contribution in [0.2, 0.25) is 51.4 Å². The molecule has 98 heavy (non-hydrogen) atoms. The Labute approximate surface area is 574 Å². The zero-order chi connectivity index (χ0) is 69.3. The number of carbonyl (C=O) groups is 2. The summed E-state index contributed by atoms with van der Waals surface area (Å²) in [5.74, 6) is 1.70. The maximum absolute atomic E-state index is 11.9. The quantitative estimate of drug-likeness (QED) is 0.0233. The van der Waals surface area contributed by atoms with Crippen LogP contribution in [0.25, 0.3) is 45.0 Å². The van der Waals surface area contributed by atoms with Gasteiger partial charge in [-0.15, -0.1) is 0 Å². The van der Waals surface area contributed by atoms with Gasteiger partial charge in [0, 0.05) is 112 Å². The molecule has 0 radical (unpaired) electrons. The second kappa shape index (κ2) is 30.7. The van der Waals surface area contributed by atoms with Gasteiger partial charge >= 0.3 is 5.97 Å². The van der Waals surface area contributed by atoms with E-state index in [0.717, 1.165) is 135 Å². The normalized spacial score (nSPS) is 13.3. The number of fused-ring (bicyclic) bond motifs is 3. The molecule has 2 aliphatic heterocycles. The molecule has 0 unspecified atom stereocenters. The summed E-state index contributed by atoms with van der Waals surface area (Å²) in [6.45, 7) is 32.5. The molecular weight excluding hydrogens is 1270 g/mol. The highest BCUT2D eigenvalue weighted by molar-refractivity contribution is 6.76. The van der Waals surface area contributed by atoms with Crippen LogP contribution >= 0.6 is 0 Å². The Bertz CT molecular complexity index is 4710. The van der Waals surface area contributed by atoms with E-state index in [1.165, 1.54) is 50.6 Å². The summed E-state index contributed by atoms with van der Waals surface area (Å²) >= 11 is 0. The molecule has 23 nitrogen and oxygen atoms in total. The first-order chi connectivity index (χ1) is 47.0. The fourth-order valence-corrected chi connectivity index (χ4v) is 13.1. The minimum absolute atomic E-state index is 0.356. The van der Waals surface area contributed by atoms with Crippen molar-refractivity contribution >= 4 is 91.6 Å². The van der Waals surface area contributed by atoms with Crippen molar-refractivity contribution in [1.82, 2.24) is 67.6 Å². The number of esters is 1. The number of aliphatic imine (C=N–C) groups is 1. The van der Waals surface area contributed by atoms with Crippen molar-refractivity contribution in [2.45, 2.75) is 132 Å². The lowest BCUT2D eigenvalue weighted by Crippen LogP contribution is -2.29. The molecule has 0 amide bonds. The first-order valence-electron chi connectivity index (χ1n) is 33.4. The van der Waals surface area contributed by atoms with Crippen LogP contribution in [-0.4, -0.2) is 142 Å².